The number of nitrogens with one attached hydrogen (secondary N) is 1. The lowest BCUT2D eigenvalue weighted by molar-refractivity contribution is 0.118. The summed E-state index contributed by atoms with van der Waals surface area (Å²) in [6.45, 7) is 8.28. The van der Waals surface area contributed by atoms with Gasteiger partial charge >= 0.3 is 0 Å². The van der Waals surface area contributed by atoms with Crippen molar-refractivity contribution < 1.29 is 4.74 Å². The molecule has 19 heavy (non-hydrogen) atoms. The summed E-state index contributed by atoms with van der Waals surface area (Å²) in [4.78, 5) is 6.75. The molecule has 1 aliphatic rings. The standard InChI is InChI=1S/C15H25N3O/c1-5-16-11(2)13-6-8-17-15(10-13)18(4)14-7-9-19-12(14)3/h6,8,10-12,14,16H,5,7,9H2,1-4H3. The van der Waals surface area contributed by atoms with Crippen LogP contribution >= 0.6 is 0 Å². The molecule has 4 nitrogen and oxygen atoms in total. The Bertz CT molecular complexity index is 410. The lowest BCUT2D eigenvalue weighted by atomic mass is 10.1. The molecule has 1 aromatic rings. The molecular weight excluding hydrogens is 238 g/mol. The minimum Gasteiger partial charge on any atom is -0.376 e. The van der Waals surface area contributed by atoms with Gasteiger partial charge in [-0.1, -0.05) is 6.92 Å². The molecule has 4 heteroatoms. The lowest BCUT2D eigenvalue weighted by Gasteiger charge is -2.28. The van der Waals surface area contributed by atoms with Gasteiger partial charge in [-0.2, -0.15) is 0 Å². The van der Waals surface area contributed by atoms with E-state index in [4.69, 9.17) is 4.74 Å². The fourth-order valence-electron chi connectivity index (χ4n) is 2.72. The van der Waals surface area contributed by atoms with E-state index >= 15 is 0 Å². The summed E-state index contributed by atoms with van der Waals surface area (Å²) in [5.74, 6) is 1.03. The molecule has 2 rings (SSSR count). The summed E-state index contributed by atoms with van der Waals surface area (Å²) < 4.78 is 5.64. The van der Waals surface area contributed by atoms with E-state index < -0.39 is 0 Å². The summed E-state index contributed by atoms with van der Waals surface area (Å²) in [6.07, 6.45) is 3.25. The fourth-order valence-corrected chi connectivity index (χ4v) is 2.72. The zero-order valence-electron chi connectivity index (χ0n) is 12.4. The number of anilines is 1. The minimum absolute atomic E-state index is 0.279. The fraction of sp³-hybridized carbons (Fsp3) is 0.667. The molecule has 1 fully saturated rings. The van der Waals surface area contributed by atoms with Gasteiger partial charge in [0.15, 0.2) is 0 Å². The third kappa shape index (κ3) is 3.25. The summed E-state index contributed by atoms with van der Waals surface area (Å²) in [5, 5.41) is 3.44. The van der Waals surface area contributed by atoms with Gasteiger partial charge < -0.3 is 15.0 Å². The number of nitrogens with zero attached hydrogens (tertiary/aromatic N) is 2. The van der Waals surface area contributed by atoms with Crippen molar-refractivity contribution in [2.75, 3.05) is 25.1 Å². The molecule has 3 unspecified atom stereocenters. The Morgan fingerprint density at radius 1 is 1.58 bits per heavy atom. The van der Waals surface area contributed by atoms with Crippen LogP contribution < -0.4 is 10.2 Å². The highest BCUT2D eigenvalue weighted by Crippen LogP contribution is 2.24. The van der Waals surface area contributed by atoms with Crippen LogP contribution in [0.5, 0.6) is 0 Å². The van der Waals surface area contributed by atoms with Crippen LogP contribution in [0.4, 0.5) is 5.82 Å². The van der Waals surface area contributed by atoms with Crippen LogP contribution in [0, 0.1) is 0 Å². The number of likely N-dealkylation sites (N-methyl/N-ethyl adjacent to an activating group) is 1. The van der Waals surface area contributed by atoms with Crippen LogP contribution in [-0.4, -0.2) is 37.3 Å². The van der Waals surface area contributed by atoms with E-state index in [1.54, 1.807) is 0 Å². The van der Waals surface area contributed by atoms with Gasteiger partial charge in [0.25, 0.3) is 0 Å². The Morgan fingerprint density at radius 3 is 3.00 bits per heavy atom. The molecule has 0 amide bonds. The molecule has 2 heterocycles. The maximum absolute atomic E-state index is 5.64. The van der Waals surface area contributed by atoms with E-state index in [0.717, 1.165) is 25.4 Å². The number of aromatic nitrogens is 1. The third-order valence-corrected chi connectivity index (χ3v) is 3.97. The van der Waals surface area contributed by atoms with Crippen LogP contribution in [0.3, 0.4) is 0 Å². The van der Waals surface area contributed by atoms with E-state index in [0.29, 0.717) is 12.1 Å². The molecule has 1 saturated heterocycles. The molecule has 106 valence electrons. The van der Waals surface area contributed by atoms with E-state index in [2.05, 4.69) is 55.2 Å². The van der Waals surface area contributed by atoms with Gasteiger partial charge in [0, 0.05) is 25.9 Å². The van der Waals surface area contributed by atoms with Crippen molar-refractivity contribution in [1.82, 2.24) is 10.3 Å². The average molecular weight is 263 g/mol. The minimum atomic E-state index is 0.279. The molecule has 0 radical (unpaired) electrons. The smallest absolute Gasteiger partial charge is 0.128 e. The van der Waals surface area contributed by atoms with Gasteiger partial charge in [0.1, 0.15) is 5.82 Å². The Hall–Kier alpha value is -1.13. The average Bonchev–Trinajstić information content (AvgIpc) is 2.84. The number of hydrogen-bond donors (Lipinski definition) is 1. The first-order valence-corrected chi connectivity index (χ1v) is 7.17. The molecule has 3 atom stereocenters. The second-order valence-electron chi connectivity index (χ2n) is 5.27. The van der Waals surface area contributed by atoms with Crippen molar-refractivity contribution in [2.45, 2.75) is 45.4 Å². The lowest BCUT2D eigenvalue weighted by Crippen LogP contribution is -2.37. The first-order valence-electron chi connectivity index (χ1n) is 7.17. The van der Waals surface area contributed by atoms with Gasteiger partial charge in [-0.05, 0) is 44.5 Å². The molecule has 0 saturated carbocycles. The van der Waals surface area contributed by atoms with Crippen LogP contribution in [-0.2, 0) is 4.74 Å². The highest BCUT2D eigenvalue weighted by atomic mass is 16.5. The highest BCUT2D eigenvalue weighted by molar-refractivity contribution is 5.42. The largest absolute Gasteiger partial charge is 0.376 e. The van der Waals surface area contributed by atoms with Crippen LogP contribution in [0.1, 0.15) is 38.8 Å². The normalized spacial score (nSPS) is 24.4. The monoisotopic (exact) mass is 263 g/mol. The second kappa shape index (κ2) is 6.35. The van der Waals surface area contributed by atoms with Gasteiger partial charge in [-0.3, -0.25) is 0 Å². The molecule has 1 aliphatic heterocycles. The predicted molar refractivity (Wildman–Crippen MR) is 78.6 cm³/mol. The quantitative estimate of drug-likeness (QED) is 0.885. The second-order valence-corrected chi connectivity index (χ2v) is 5.27. The Balaban J connectivity index is 2.13. The number of pyridine rings is 1. The summed E-state index contributed by atoms with van der Waals surface area (Å²) in [6, 6.07) is 5.05. The maximum Gasteiger partial charge on any atom is 0.128 e. The van der Waals surface area contributed by atoms with Crippen molar-refractivity contribution in [1.29, 1.82) is 0 Å². The van der Waals surface area contributed by atoms with E-state index in [1.807, 2.05) is 6.20 Å². The SMILES string of the molecule is CCNC(C)c1ccnc(N(C)C2CCOC2C)c1. The van der Waals surface area contributed by atoms with Crippen LogP contribution in [0.15, 0.2) is 18.3 Å². The zero-order chi connectivity index (χ0) is 13.8. The van der Waals surface area contributed by atoms with E-state index in [9.17, 15) is 0 Å². The summed E-state index contributed by atoms with van der Waals surface area (Å²) in [7, 11) is 2.11. The third-order valence-electron chi connectivity index (χ3n) is 3.97. The summed E-state index contributed by atoms with van der Waals surface area (Å²) in [5.41, 5.74) is 1.28. The van der Waals surface area contributed by atoms with Crippen molar-refractivity contribution in [2.24, 2.45) is 0 Å². The van der Waals surface area contributed by atoms with E-state index in [-0.39, 0.29) is 6.10 Å². The van der Waals surface area contributed by atoms with E-state index in [1.165, 1.54) is 5.56 Å². The number of hydrogen-bond acceptors (Lipinski definition) is 4. The molecular formula is C15H25N3O. The number of rotatable bonds is 5. The molecule has 0 spiro atoms. The van der Waals surface area contributed by atoms with Gasteiger partial charge in [-0.25, -0.2) is 4.98 Å². The molecule has 0 bridgehead atoms. The molecule has 1 N–H and O–H groups in total. The summed E-state index contributed by atoms with van der Waals surface area (Å²) >= 11 is 0. The van der Waals surface area contributed by atoms with Crippen molar-refractivity contribution in [3.05, 3.63) is 23.9 Å². The maximum atomic E-state index is 5.64. The first-order chi connectivity index (χ1) is 9.13. The van der Waals surface area contributed by atoms with Gasteiger partial charge in [-0.15, -0.1) is 0 Å². The Kier molecular flexibility index (Phi) is 4.77. The molecule has 1 aromatic heterocycles. The van der Waals surface area contributed by atoms with Crippen molar-refractivity contribution >= 4 is 5.82 Å². The Labute approximate surface area is 116 Å². The van der Waals surface area contributed by atoms with Crippen LogP contribution in [0.2, 0.25) is 0 Å². The predicted octanol–water partition coefficient (Wildman–Crippen LogP) is 2.37. The zero-order valence-corrected chi connectivity index (χ0v) is 12.4. The Morgan fingerprint density at radius 2 is 2.37 bits per heavy atom. The van der Waals surface area contributed by atoms with Crippen LogP contribution in [0.25, 0.3) is 0 Å². The van der Waals surface area contributed by atoms with Gasteiger partial charge in [0.2, 0.25) is 0 Å². The van der Waals surface area contributed by atoms with Gasteiger partial charge in [0.05, 0.1) is 12.1 Å². The van der Waals surface area contributed by atoms with Crippen molar-refractivity contribution in [3.8, 4) is 0 Å². The van der Waals surface area contributed by atoms with Crippen molar-refractivity contribution in [3.63, 3.8) is 0 Å². The molecule has 0 aromatic carbocycles. The molecule has 0 aliphatic carbocycles. The number of ether oxygens (including phenoxy) is 1. The highest BCUT2D eigenvalue weighted by Gasteiger charge is 2.28. The topological polar surface area (TPSA) is 37.4 Å². The first kappa shape index (κ1) is 14.3.